The molecule has 6 nitrogen and oxygen atoms in total. The number of hydrogen-bond acceptors (Lipinski definition) is 4. The minimum absolute atomic E-state index is 0. The lowest BCUT2D eigenvalue weighted by Crippen LogP contribution is -2.38. The van der Waals surface area contributed by atoms with Crippen LogP contribution in [0.3, 0.4) is 0 Å². The number of rotatable bonds is 10. The molecule has 0 amide bonds. The summed E-state index contributed by atoms with van der Waals surface area (Å²) in [6.45, 7) is 12.5. The largest absolute Gasteiger partial charge is 0.381 e. The number of benzene rings is 1. The highest BCUT2D eigenvalue weighted by Crippen LogP contribution is 2.23. The highest BCUT2D eigenvalue weighted by atomic mass is 127. The fraction of sp³-hybridized carbons (Fsp3) is 0.708. The molecule has 7 heteroatoms. The Balaban J connectivity index is 0.00000341. The normalized spacial score (nSPS) is 19.9. The molecule has 31 heavy (non-hydrogen) atoms. The lowest BCUT2D eigenvalue weighted by molar-refractivity contribution is 0.0888. The molecule has 2 N–H and O–H groups in total. The minimum atomic E-state index is 0. The number of ether oxygens (including phenoxy) is 2. The molecule has 1 unspecified atom stereocenters. The van der Waals surface area contributed by atoms with Crippen LogP contribution in [-0.4, -0.2) is 58.6 Å². The summed E-state index contributed by atoms with van der Waals surface area (Å²) in [5, 5.41) is 6.74. The fourth-order valence-electron chi connectivity index (χ4n) is 3.94. The number of piperidine rings is 1. The van der Waals surface area contributed by atoms with Gasteiger partial charge >= 0.3 is 0 Å². The van der Waals surface area contributed by atoms with Crippen molar-refractivity contribution in [2.75, 3.05) is 57.5 Å². The van der Waals surface area contributed by atoms with E-state index in [0.29, 0.717) is 12.5 Å². The minimum Gasteiger partial charge on any atom is -0.381 e. The predicted molar refractivity (Wildman–Crippen MR) is 140 cm³/mol. The smallest absolute Gasteiger partial charge is 0.191 e. The summed E-state index contributed by atoms with van der Waals surface area (Å²) in [5.41, 5.74) is 2.58. The van der Waals surface area contributed by atoms with Gasteiger partial charge in [0, 0.05) is 51.0 Å². The molecule has 2 aliphatic rings. The number of nitrogens with one attached hydrogen (secondary N) is 2. The zero-order valence-corrected chi connectivity index (χ0v) is 21.6. The first-order chi connectivity index (χ1) is 14.7. The van der Waals surface area contributed by atoms with Crippen molar-refractivity contribution < 1.29 is 9.47 Å². The van der Waals surface area contributed by atoms with Gasteiger partial charge in [0.15, 0.2) is 5.96 Å². The summed E-state index contributed by atoms with van der Waals surface area (Å²) in [5.74, 6) is 2.32. The molecule has 0 spiro atoms. The first kappa shape index (κ1) is 26.2. The van der Waals surface area contributed by atoms with Crippen molar-refractivity contribution in [1.29, 1.82) is 0 Å². The van der Waals surface area contributed by atoms with E-state index in [1.54, 1.807) is 0 Å². The van der Waals surface area contributed by atoms with Gasteiger partial charge in [0.25, 0.3) is 0 Å². The third kappa shape index (κ3) is 9.53. The Kier molecular flexibility index (Phi) is 12.6. The highest BCUT2D eigenvalue weighted by Gasteiger charge is 2.16. The molecule has 1 aromatic carbocycles. The topological polar surface area (TPSA) is 58.1 Å². The van der Waals surface area contributed by atoms with Gasteiger partial charge in [0.05, 0.1) is 19.8 Å². The average Bonchev–Trinajstić information content (AvgIpc) is 3.29. The van der Waals surface area contributed by atoms with Crippen LogP contribution in [0.2, 0.25) is 0 Å². The van der Waals surface area contributed by atoms with Crippen LogP contribution in [0.1, 0.15) is 45.1 Å². The van der Waals surface area contributed by atoms with E-state index in [4.69, 9.17) is 14.5 Å². The van der Waals surface area contributed by atoms with Crippen molar-refractivity contribution in [1.82, 2.24) is 10.6 Å². The van der Waals surface area contributed by atoms with Gasteiger partial charge in [-0.05, 0) is 56.2 Å². The standard InChI is InChI=1S/C24H40N4O2.HI/c1-3-25-24(26-12-4-15-29-18-22-11-16-30-19-22)27-17-21-5-7-23(8-6-21)28-13-9-20(2)10-14-28;/h5-8,20,22H,3-4,9-19H2,1-2H3,(H2,25,26,27);1H. The van der Waals surface area contributed by atoms with Crippen LogP contribution in [0.15, 0.2) is 29.3 Å². The molecule has 2 saturated heterocycles. The number of hydrogen-bond donors (Lipinski definition) is 2. The van der Waals surface area contributed by atoms with Crippen molar-refractivity contribution in [3.8, 4) is 0 Å². The Morgan fingerprint density at radius 1 is 1.16 bits per heavy atom. The second-order valence-corrected chi connectivity index (χ2v) is 8.62. The van der Waals surface area contributed by atoms with Gasteiger partial charge in [-0.15, -0.1) is 24.0 Å². The molecule has 0 radical (unpaired) electrons. The highest BCUT2D eigenvalue weighted by molar-refractivity contribution is 14.0. The van der Waals surface area contributed by atoms with E-state index in [2.05, 4.69) is 53.6 Å². The quantitative estimate of drug-likeness (QED) is 0.202. The molecule has 1 aromatic rings. The van der Waals surface area contributed by atoms with E-state index in [1.807, 2.05) is 0 Å². The van der Waals surface area contributed by atoms with E-state index >= 15 is 0 Å². The Labute approximate surface area is 205 Å². The van der Waals surface area contributed by atoms with Crippen molar-refractivity contribution in [2.45, 2.75) is 46.1 Å². The molecule has 0 bridgehead atoms. The molecule has 2 heterocycles. The van der Waals surface area contributed by atoms with Crippen molar-refractivity contribution in [3.05, 3.63) is 29.8 Å². The fourth-order valence-corrected chi connectivity index (χ4v) is 3.94. The van der Waals surface area contributed by atoms with Gasteiger partial charge in [-0.3, -0.25) is 0 Å². The summed E-state index contributed by atoms with van der Waals surface area (Å²) in [6, 6.07) is 8.91. The van der Waals surface area contributed by atoms with Crippen LogP contribution in [0.25, 0.3) is 0 Å². The molecule has 0 saturated carbocycles. The van der Waals surface area contributed by atoms with Crippen LogP contribution < -0.4 is 15.5 Å². The average molecular weight is 545 g/mol. The number of anilines is 1. The van der Waals surface area contributed by atoms with Crippen LogP contribution >= 0.6 is 24.0 Å². The molecule has 2 fully saturated rings. The maximum atomic E-state index is 5.77. The first-order valence-corrected chi connectivity index (χ1v) is 11.8. The van der Waals surface area contributed by atoms with Crippen LogP contribution in [0, 0.1) is 11.8 Å². The van der Waals surface area contributed by atoms with E-state index < -0.39 is 0 Å². The third-order valence-electron chi connectivity index (χ3n) is 5.98. The zero-order chi connectivity index (χ0) is 21.0. The summed E-state index contributed by atoms with van der Waals surface area (Å²) >= 11 is 0. The Hall–Kier alpha value is -1.06. The van der Waals surface area contributed by atoms with E-state index in [9.17, 15) is 0 Å². The van der Waals surface area contributed by atoms with E-state index in [1.165, 1.54) is 37.2 Å². The molecular weight excluding hydrogens is 503 g/mol. The van der Waals surface area contributed by atoms with Gasteiger partial charge in [0.2, 0.25) is 0 Å². The third-order valence-corrected chi connectivity index (χ3v) is 5.98. The van der Waals surface area contributed by atoms with Crippen molar-refractivity contribution in [2.24, 2.45) is 16.8 Å². The Morgan fingerprint density at radius 3 is 2.61 bits per heavy atom. The van der Waals surface area contributed by atoms with Crippen molar-refractivity contribution in [3.63, 3.8) is 0 Å². The predicted octanol–water partition coefficient (Wildman–Crippen LogP) is 4.04. The monoisotopic (exact) mass is 544 g/mol. The van der Waals surface area contributed by atoms with Crippen molar-refractivity contribution >= 4 is 35.6 Å². The zero-order valence-electron chi connectivity index (χ0n) is 19.3. The van der Waals surface area contributed by atoms with Crippen LogP contribution in [0.5, 0.6) is 0 Å². The lowest BCUT2D eigenvalue weighted by atomic mass is 9.99. The second kappa shape index (κ2) is 14.9. The van der Waals surface area contributed by atoms with Gasteiger partial charge in [0.1, 0.15) is 0 Å². The Morgan fingerprint density at radius 2 is 1.94 bits per heavy atom. The van der Waals surface area contributed by atoms with E-state index in [-0.39, 0.29) is 24.0 Å². The number of nitrogens with zero attached hydrogens (tertiary/aromatic N) is 2. The second-order valence-electron chi connectivity index (χ2n) is 8.62. The molecule has 0 aliphatic carbocycles. The molecular formula is C24H41IN4O2. The maximum Gasteiger partial charge on any atom is 0.191 e. The van der Waals surface area contributed by atoms with Gasteiger partial charge in [-0.1, -0.05) is 19.1 Å². The molecule has 2 aliphatic heterocycles. The molecule has 1 atom stereocenters. The lowest BCUT2D eigenvalue weighted by Gasteiger charge is -2.32. The van der Waals surface area contributed by atoms with Crippen LogP contribution in [-0.2, 0) is 16.0 Å². The number of aliphatic imine (C=N–C) groups is 1. The van der Waals surface area contributed by atoms with Crippen LogP contribution in [0.4, 0.5) is 5.69 Å². The van der Waals surface area contributed by atoms with Gasteiger partial charge in [-0.25, -0.2) is 4.99 Å². The molecule has 0 aromatic heterocycles. The van der Waals surface area contributed by atoms with Gasteiger partial charge < -0.3 is 25.0 Å². The van der Waals surface area contributed by atoms with E-state index in [0.717, 1.165) is 64.2 Å². The summed E-state index contributed by atoms with van der Waals surface area (Å²) < 4.78 is 11.2. The Bertz CT molecular complexity index is 627. The maximum absolute atomic E-state index is 5.77. The SMILES string of the molecule is CCNC(=NCc1ccc(N2CCC(C)CC2)cc1)NCCCOCC1CCOC1.I. The number of guanidine groups is 1. The summed E-state index contributed by atoms with van der Waals surface area (Å²) in [6.07, 6.45) is 4.70. The number of halogens is 1. The summed E-state index contributed by atoms with van der Waals surface area (Å²) in [7, 11) is 0. The van der Waals surface area contributed by atoms with Gasteiger partial charge in [-0.2, -0.15) is 0 Å². The first-order valence-electron chi connectivity index (χ1n) is 11.8. The summed E-state index contributed by atoms with van der Waals surface area (Å²) in [4.78, 5) is 7.24. The molecule has 3 rings (SSSR count). The molecule has 176 valence electrons.